The second-order valence-corrected chi connectivity index (χ2v) is 11.0. The Morgan fingerprint density at radius 3 is 1.82 bits per heavy atom. The molecule has 0 saturated heterocycles. The van der Waals surface area contributed by atoms with Crippen LogP contribution in [0, 0.1) is 0 Å². The van der Waals surface area contributed by atoms with Crippen molar-refractivity contribution in [3.63, 3.8) is 0 Å². The van der Waals surface area contributed by atoms with Crippen molar-refractivity contribution in [3.05, 3.63) is 132 Å². The molecule has 8 rings (SSSR count). The topological polar surface area (TPSA) is 25.2 Å². The molecule has 3 heteroatoms. The smallest absolute Gasteiger partial charge is 0.167 e. The van der Waals surface area contributed by atoms with Crippen molar-refractivity contribution in [2.45, 2.75) is 6.23 Å². The van der Waals surface area contributed by atoms with Crippen LogP contribution >= 0.6 is 11.3 Å². The lowest BCUT2D eigenvalue weighted by Gasteiger charge is -2.23. The second-order valence-electron chi connectivity index (χ2n) is 9.88. The molecule has 1 N–H and O–H groups in total. The molecule has 0 aliphatic carbocycles. The van der Waals surface area contributed by atoms with Crippen LogP contribution in [0.1, 0.15) is 11.1 Å². The van der Waals surface area contributed by atoms with Crippen molar-refractivity contribution in [1.82, 2.24) is 4.57 Å². The number of aromatic nitrogens is 1. The van der Waals surface area contributed by atoms with E-state index in [9.17, 15) is 5.11 Å². The van der Waals surface area contributed by atoms with Gasteiger partial charge < -0.3 is 9.67 Å². The minimum absolute atomic E-state index is 0.731. The van der Waals surface area contributed by atoms with Crippen molar-refractivity contribution >= 4 is 33.1 Å². The highest BCUT2D eigenvalue weighted by Crippen LogP contribution is 2.51. The summed E-state index contributed by atoms with van der Waals surface area (Å²) in [5, 5.41) is 14.2. The van der Waals surface area contributed by atoms with E-state index in [1.54, 1.807) is 11.3 Å². The highest BCUT2D eigenvalue weighted by atomic mass is 32.1. The lowest BCUT2D eigenvalue weighted by molar-refractivity contribution is 0.158. The largest absolute Gasteiger partial charge is 0.368 e. The third-order valence-corrected chi connectivity index (χ3v) is 8.92. The van der Waals surface area contributed by atoms with E-state index in [-0.39, 0.29) is 0 Å². The van der Waals surface area contributed by atoms with Crippen molar-refractivity contribution in [2.75, 3.05) is 0 Å². The van der Waals surface area contributed by atoms with E-state index in [1.807, 2.05) is 12.1 Å². The number of rotatable bonds is 3. The van der Waals surface area contributed by atoms with Gasteiger partial charge in [0.15, 0.2) is 6.23 Å². The molecule has 0 bridgehead atoms. The summed E-state index contributed by atoms with van der Waals surface area (Å²) in [7, 11) is 0. The summed E-state index contributed by atoms with van der Waals surface area (Å²) < 4.78 is 2.14. The van der Waals surface area contributed by atoms with Gasteiger partial charge in [0.1, 0.15) is 0 Å². The van der Waals surface area contributed by atoms with Gasteiger partial charge in [0.05, 0.1) is 15.9 Å². The number of nitrogens with zero attached hydrogens (tertiary/aromatic N) is 1. The summed E-state index contributed by atoms with van der Waals surface area (Å²) in [4.78, 5) is 2.17. The number of benzene rings is 5. The molecule has 0 amide bonds. The van der Waals surface area contributed by atoms with Gasteiger partial charge in [0.2, 0.25) is 0 Å². The maximum atomic E-state index is 11.8. The van der Waals surface area contributed by atoms with Gasteiger partial charge in [-0.1, -0.05) is 97.1 Å². The van der Waals surface area contributed by atoms with Crippen LogP contribution in [0.3, 0.4) is 0 Å². The Hall–Kier alpha value is -4.44. The van der Waals surface area contributed by atoms with Gasteiger partial charge in [-0.3, -0.25) is 0 Å². The van der Waals surface area contributed by atoms with Gasteiger partial charge in [0, 0.05) is 26.8 Å². The Kier molecular flexibility index (Phi) is 4.72. The fourth-order valence-corrected chi connectivity index (χ4v) is 7.08. The fourth-order valence-electron chi connectivity index (χ4n) is 5.92. The zero-order valence-electron chi connectivity index (χ0n) is 20.5. The summed E-state index contributed by atoms with van der Waals surface area (Å²) in [6, 6.07) is 45.0. The number of thiophene rings is 1. The third-order valence-electron chi connectivity index (χ3n) is 7.70. The van der Waals surface area contributed by atoms with Gasteiger partial charge >= 0.3 is 0 Å². The molecular formula is C35H23NOS. The summed E-state index contributed by atoms with van der Waals surface area (Å²) >= 11 is 1.69. The van der Waals surface area contributed by atoms with Gasteiger partial charge in [-0.05, 0) is 58.1 Å². The minimum Gasteiger partial charge on any atom is -0.368 e. The number of aliphatic hydroxyl groups excluding tert-OH is 1. The van der Waals surface area contributed by atoms with Crippen molar-refractivity contribution in [1.29, 1.82) is 0 Å². The van der Waals surface area contributed by atoms with Crippen LogP contribution in [0.2, 0.25) is 0 Å². The van der Waals surface area contributed by atoms with E-state index in [0.717, 1.165) is 26.9 Å². The number of hydrogen-bond acceptors (Lipinski definition) is 2. The van der Waals surface area contributed by atoms with E-state index < -0.39 is 6.23 Å². The van der Waals surface area contributed by atoms with Crippen LogP contribution < -0.4 is 0 Å². The van der Waals surface area contributed by atoms with Crippen LogP contribution in [-0.4, -0.2) is 9.67 Å². The Morgan fingerprint density at radius 1 is 0.526 bits per heavy atom. The Morgan fingerprint density at radius 2 is 1.13 bits per heavy atom. The predicted octanol–water partition coefficient (Wildman–Crippen LogP) is 9.38. The normalized spacial score (nSPS) is 14.2. The average Bonchev–Trinajstić information content (AvgIpc) is 3.58. The summed E-state index contributed by atoms with van der Waals surface area (Å²) in [6.07, 6.45) is -0.731. The molecule has 0 spiro atoms. The number of hydrogen-bond donors (Lipinski definition) is 1. The molecule has 38 heavy (non-hydrogen) atoms. The number of aliphatic hydroxyl groups is 1. The first kappa shape index (κ1) is 21.6. The van der Waals surface area contributed by atoms with Crippen LogP contribution in [-0.2, 0) is 0 Å². The van der Waals surface area contributed by atoms with Gasteiger partial charge in [-0.25, -0.2) is 0 Å². The van der Waals surface area contributed by atoms with Crippen LogP contribution in [0.5, 0.6) is 0 Å². The summed E-state index contributed by atoms with van der Waals surface area (Å²) in [6.45, 7) is 0. The Bertz CT molecular complexity index is 1970. The maximum Gasteiger partial charge on any atom is 0.167 e. The fraction of sp³-hybridized carbons (Fsp3) is 0.0286. The summed E-state index contributed by atoms with van der Waals surface area (Å²) in [5.41, 5.74) is 10.4. The SMILES string of the molecule is OC1c2sc(-c3ccccc3)cc2-c2cc(-c3ccccc3)cc3c4cc(-c5ccccc5)ccc4n1c23. The lowest BCUT2D eigenvalue weighted by atomic mass is 9.93. The maximum absolute atomic E-state index is 11.8. The first-order valence-electron chi connectivity index (χ1n) is 12.9. The van der Waals surface area contributed by atoms with Gasteiger partial charge in [-0.2, -0.15) is 0 Å². The Balaban J connectivity index is 1.46. The standard InChI is InChI=1S/C35H23NOS/c37-35-34-30(21-32(38-34)24-14-8-3-9-15-24)29-20-26(23-12-6-2-7-13-23)19-28-27-18-25(22-10-4-1-5-11-22)16-17-31(27)36(35)33(28)29/h1-21,35,37H. The predicted molar refractivity (Wildman–Crippen MR) is 159 cm³/mol. The monoisotopic (exact) mass is 505 g/mol. The second kappa shape index (κ2) is 8.29. The third kappa shape index (κ3) is 3.16. The minimum atomic E-state index is -0.731. The van der Waals surface area contributed by atoms with Gasteiger partial charge in [-0.15, -0.1) is 11.3 Å². The molecule has 7 aromatic rings. The highest BCUT2D eigenvalue weighted by Gasteiger charge is 2.31. The molecule has 1 unspecified atom stereocenters. The van der Waals surface area contributed by atoms with E-state index in [1.165, 1.54) is 43.6 Å². The first-order valence-corrected chi connectivity index (χ1v) is 13.7. The van der Waals surface area contributed by atoms with E-state index in [2.05, 4.69) is 120 Å². The number of fused-ring (bicyclic) bond motifs is 5. The van der Waals surface area contributed by atoms with Crippen LogP contribution in [0.4, 0.5) is 0 Å². The van der Waals surface area contributed by atoms with E-state index in [0.29, 0.717) is 0 Å². The lowest BCUT2D eigenvalue weighted by Crippen LogP contribution is -2.13. The zero-order chi connectivity index (χ0) is 25.2. The molecule has 180 valence electrons. The van der Waals surface area contributed by atoms with Gasteiger partial charge in [0.25, 0.3) is 0 Å². The molecule has 0 radical (unpaired) electrons. The first-order chi connectivity index (χ1) is 18.8. The quantitative estimate of drug-likeness (QED) is 0.254. The molecule has 3 heterocycles. The highest BCUT2D eigenvalue weighted by molar-refractivity contribution is 7.16. The molecule has 1 atom stereocenters. The molecular weight excluding hydrogens is 482 g/mol. The van der Waals surface area contributed by atoms with Crippen molar-refractivity contribution < 1.29 is 5.11 Å². The molecule has 1 aliphatic heterocycles. The van der Waals surface area contributed by atoms with Crippen LogP contribution in [0.15, 0.2) is 127 Å². The average molecular weight is 506 g/mol. The summed E-state index contributed by atoms with van der Waals surface area (Å²) in [5.74, 6) is 0. The van der Waals surface area contributed by atoms with E-state index in [4.69, 9.17) is 0 Å². The van der Waals surface area contributed by atoms with Crippen molar-refractivity contribution in [2.24, 2.45) is 0 Å². The zero-order valence-corrected chi connectivity index (χ0v) is 21.3. The van der Waals surface area contributed by atoms with Crippen molar-refractivity contribution in [3.8, 4) is 43.8 Å². The molecule has 2 nitrogen and oxygen atoms in total. The molecule has 2 aromatic heterocycles. The molecule has 0 saturated carbocycles. The molecule has 0 fully saturated rings. The molecule has 5 aromatic carbocycles. The van der Waals surface area contributed by atoms with Crippen LogP contribution in [0.25, 0.3) is 65.6 Å². The Labute approximate surface area is 224 Å². The molecule has 1 aliphatic rings. The van der Waals surface area contributed by atoms with E-state index >= 15 is 0 Å².